The predicted octanol–water partition coefficient (Wildman–Crippen LogP) is 6.90. The minimum absolute atomic E-state index is 0.0451. The summed E-state index contributed by atoms with van der Waals surface area (Å²) in [6.07, 6.45) is 5.40. The first-order valence-corrected chi connectivity index (χ1v) is 14.7. The van der Waals surface area contributed by atoms with Crippen molar-refractivity contribution >= 4 is 56.7 Å². The van der Waals surface area contributed by atoms with Gasteiger partial charge in [0.2, 0.25) is 5.95 Å². The lowest BCUT2D eigenvalue weighted by Crippen LogP contribution is -2.57. The third-order valence-electron chi connectivity index (χ3n) is 8.41. The summed E-state index contributed by atoms with van der Waals surface area (Å²) in [5.74, 6) is 3.07. The molecule has 1 N–H and O–H groups in total. The summed E-state index contributed by atoms with van der Waals surface area (Å²) in [6, 6.07) is 6.36. The summed E-state index contributed by atoms with van der Waals surface area (Å²) in [5, 5.41) is 4.81. The Hall–Kier alpha value is -1.67. The molecule has 2 saturated heterocycles. The lowest BCUT2D eigenvalue weighted by molar-refractivity contribution is -0.00912. The van der Waals surface area contributed by atoms with E-state index in [2.05, 4.69) is 40.9 Å². The van der Waals surface area contributed by atoms with Crippen molar-refractivity contribution in [3.8, 4) is 0 Å². The number of thiazole rings is 1. The predicted molar refractivity (Wildman–Crippen MR) is 151 cm³/mol. The first-order valence-electron chi connectivity index (χ1n) is 13.1. The number of rotatable bonds is 6. The normalized spacial score (nSPS) is 23.9. The average Bonchev–Trinajstić information content (AvgIpc) is 3.26. The van der Waals surface area contributed by atoms with Crippen LogP contribution >= 0.6 is 34.5 Å². The van der Waals surface area contributed by atoms with Crippen LogP contribution in [-0.4, -0.2) is 52.1 Å². The molecule has 3 aliphatic rings. The maximum atomic E-state index is 6.46. The number of anilines is 2. The lowest BCUT2D eigenvalue weighted by Gasteiger charge is -2.53. The molecular formula is C27H34Cl2N6S. The quantitative estimate of drug-likeness (QED) is 0.364. The fourth-order valence-electron chi connectivity index (χ4n) is 6.33. The number of nitrogens with zero attached hydrogens (tertiary/aromatic N) is 5. The van der Waals surface area contributed by atoms with Crippen molar-refractivity contribution in [2.75, 3.05) is 36.4 Å². The number of nitrogens with one attached hydrogen (secondary N) is 1. The molecule has 0 amide bonds. The van der Waals surface area contributed by atoms with Crippen molar-refractivity contribution in [2.45, 2.75) is 58.5 Å². The Bertz CT molecular complexity index is 1250. The highest BCUT2D eigenvalue weighted by atomic mass is 35.5. The molecule has 36 heavy (non-hydrogen) atoms. The Morgan fingerprint density at radius 1 is 1.11 bits per heavy atom. The molecule has 1 aromatic carbocycles. The van der Waals surface area contributed by atoms with Crippen LogP contribution in [0.3, 0.4) is 0 Å². The number of hydrogen-bond donors (Lipinski definition) is 1. The van der Waals surface area contributed by atoms with Crippen LogP contribution in [0, 0.1) is 17.3 Å². The number of likely N-dealkylation sites (tertiary alicyclic amines) is 1. The summed E-state index contributed by atoms with van der Waals surface area (Å²) in [7, 11) is 0. The van der Waals surface area contributed by atoms with E-state index < -0.39 is 0 Å². The zero-order valence-electron chi connectivity index (χ0n) is 21.2. The van der Waals surface area contributed by atoms with Gasteiger partial charge in [0.25, 0.3) is 0 Å². The van der Waals surface area contributed by atoms with Gasteiger partial charge in [0.05, 0.1) is 11.6 Å². The van der Waals surface area contributed by atoms with E-state index in [0.29, 0.717) is 15.5 Å². The zero-order valence-corrected chi connectivity index (χ0v) is 23.5. The highest BCUT2D eigenvalue weighted by molar-refractivity contribution is 7.16. The molecule has 0 radical (unpaired) electrons. The van der Waals surface area contributed by atoms with Crippen LogP contribution in [-0.2, 0) is 0 Å². The van der Waals surface area contributed by atoms with E-state index in [-0.39, 0.29) is 6.04 Å². The largest absolute Gasteiger partial charge is 0.361 e. The fourth-order valence-corrected chi connectivity index (χ4v) is 7.56. The van der Waals surface area contributed by atoms with Gasteiger partial charge in [0.15, 0.2) is 10.6 Å². The molecule has 3 fully saturated rings. The van der Waals surface area contributed by atoms with E-state index in [9.17, 15) is 0 Å². The standard InChI is InChI=1S/C27H34Cl2N6S/c1-16(21-7-6-19(28)9-22(21)29)31-24-23-25(36-15-30-23)33-26(32-24)35-13-18(14-35)17-5-4-8-34(12-17)20-10-27(2,3)11-20/h6-7,9,15-18,20H,4-5,8,10-14H2,1-3H3,(H,31,32,33)/t16-,17+/m1/s1. The van der Waals surface area contributed by atoms with Gasteiger partial charge in [-0.05, 0) is 74.1 Å². The molecule has 0 bridgehead atoms. The van der Waals surface area contributed by atoms with Crippen LogP contribution < -0.4 is 10.2 Å². The third-order valence-corrected chi connectivity index (χ3v) is 9.69. The maximum absolute atomic E-state index is 6.46. The second-order valence-corrected chi connectivity index (χ2v) is 13.4. The van der Waals surface area contributed by atoms with Gasteiger partial charge in [0.1, 0.15) is 5.52 Å². The monoisotopic (exact) mass is 544 g/mol. The number of hydrogen-bond acceptors (Lipinski definition) is 7. The van der Waals surface area contributed by atoms with Gasteiger partial charge in [-0.15, -0.1) is 11.3 Å². The van der Waals surface area contributed by atoms with Crippen LogP contribution in [0.15, 0.2) is 23.7 Å². The van der Waals surface area contributed by atoms with E-state index in [1.807, 2.05) is 17.6 Å². The molecule has 192 valence electrons. The van der Waals surface area contributed by atoms with Crippen LogP contribution in [0.1, 0.15) is 58.1 Å². The lowest BCUT2D eigenvalue weighted by atomic mass is 9.67. The SMILES string of the molecule is C[C@@H](Nc1nc(N2CC([C@H]3CCCN(C4CC(C)(C)C4)C3)C2)nc2scnc12)c1ccc(Cl)cc1Cl. The molecular weight excluding hydrogens is 511 g/mol. The van der Waals surface area contributed by atoms with Crippen molar-refractivity contribution in [3.63, 3.8) is 0 Å². The van der Waals surface area contributed by atoms with E-state index in [1.165, 1.54) is 38.8 Å². The van der Waals surface area contributed by atoms with E-state index in [1.54, 1.807) is 17.4 Å². The van der Waals surface area contributed by atoms with Crippen LogP contribution in [0.4, 0.5) is 11.8 Å². The number of aromatic nitrogens is 3. The minimum atomic E-state index is -0.0451. The molecule has 4 heterocycles. The Balaban J connectivity index is 1.13. The molecule has 0 unspecified atom stereocenters. The molecule has 2 atom stereocenters. The molecule has 1 aliphatic carbocycles. The van der Waals surface area contributed by atoms with Crippen molar-refractivity contribution in [1.29, 1.82) is 0 Å². The molecule has 3 aromatic rings. The number of benzene rings is 1. The summed E-state index contributed by atoms with van der Waals surface area (Å²) < 4.78 is 0. The Kier molecular flexibility index (Phi) is 6.56. The Morgan fingerprint density at radius 3 is 2.67 bits per heavy atom. The Labute approximate surface area is 227 Å². The molecule has 2 aliphatic heterocycles. The average molecular weight is 546 g/mol. The minimum Gasteiger partial charge on any atom is -0.361 e. The Morgan fingerprint density at radius 2 is 1.92 bits per heavy atom. The van der Waals surface area contributed by atoms with E-state index in [4.69, 9.17) is 33.2 Å². The fraction of sp³-hybridized carbons (Fsp3) is 0.593. The van der Waals surface area contributed by atoms with E-state index >= 15 is 0 Å². The zero-order chi connectivity index (χ0) is 25.0. The molecule has 9 heteroatoms. The van der Waals surface area contributed by atoms with Crippen LogP contribution in [0.2, 0.25) is 10.0 Å². The van der Waals surface area contributed by atoms with Gasteiger partial charge in [-0.3, -0.25) is 0 Å². The maximum Gasteiger partial charge on any atom is 0.228 e. The number of piperidine rings is 1. The van der Waals surface area contributed by atoms with Crippen LogP contribution in [0.5, 0.6) is 0 Å². The van der Waals surface area contributed by atoms with Gasteiger partial charge < -0.3 is 15.1 Å². The molecule has 1 saturated carbocycles. The summed E-state index contributed by atoms with van der Waals surface area (Å²) in [5.41, 5.74) is 4.17. The number of halogens is 2. The highest BCUT2D eigenvalue weighted by Gasteiger charge is 2.43. The van der Waals surface area contributed by atoms with Gasteiger partial charge in [0, 0.05) is 35.7 Å². The molecule has 2 aromatic heterocycles. The van der Waals surface area contributed by atoms with Crippen molar-refractivity contribution in [3.05, 3.63) is 39.3 Å². The first kappa shape index (κ1) is 24.7. The van der Waals surface area contributed by atoms with Gasteiger partial charge in [-0.1, -0.05) is 43.1 Å². The van der Waals surface area contributed by atoms with Gasteiger partial charge in [-0.2, -0.15) is 9.97 Å². The van der Waals surface area contributed by atoms with Gasteiger partial charge in [-0.25, -0.2) is 4.98 Å². The van der Waals surface area contributed by atoms with Crippen molar-refractivity contribution in [1.82, 2.24) is 19.9 Å². The third kappa shape index (κ3) is 4.80. The van der Waals surface area contributed by atoms with Gasteiger partial charge >= 0.3 is 0 Å². The number of fused-ring (bicyclic) bond motifs is 1. The highest BCUT2D eigenvalue weighted by Crippen LogP contribution is 2.45. The summed E-state index contributed by atoms with van der Waals surface area (Å²) >= 11 is 14.1. The summed E-state index contributed by atoms with van der Waals surface area (Å²) in [6.45, 7) is 11.5. The topological polar surface area (TPSA) is 57.2 Å². The van der Waals surface area contributed by atoms with E-state index in [0.717, 1.165) is 58.6 Å². The smallest absolute Gasteiger partial charge is 0.228 e. The second kappa shape index (κ2) is 9.57. The summed E-state index contributed by atoms with van der Waals surface area (Å²) in [4.78, 5) is 20.4. The van der Waals surface area contributed by atoms with Crippen molar-refractivity contribution < 1.29 is 0 Å². The molecule has 6 rings (SSSR count). The molecule has 0 spiro atoms. The first-order chi connectivity index (χ1) is 17.3. The second-order valence-electron chi connectivity index (χ2n) is 11.7. The van der Waals surface area contributed by atoms with Crippen LogP contribution in [0.25, 0.3) is 10.3 Å². The van der Waals surface area contributed by atoms with Crippen molar-refractivity contribution in [2.24, 2.45) is 17.3 Å². The molecule has 6 nitrogen and oxygen atoms in total.